The maximum absolute atomic E-state index is 11.3. The van der Waals surface area contributed by atoms with E-state index in [4.69, 9.17) is 15.0 Å². The van der Waals surface area contributed by atoms with Gasteiger partial charge in [0, 0.05) is 30.1 Å². The molecule has 0 rings (SSSR count). The van der Waals surface area contributed by atoms with E-state index < -0.39 is 20.7 Å². The molecule has 0 aliphatic heterocycles. The fourth-order valence-corrected chi connectivity index (χ4v) is 2.69. The molecule has 0 aromatic heterocycles. The molecule has 1 unspecified atom stereocenters. The fraction of sp³-hybridized carbons (Fsp3) is 1.00. The van der Waals surface area contributed by atoms with Gasteiger partial charge < -0.3 is 9.47 Å². The van der Waals surface area contributed by atoms with Crippen LogP contribution >= 0.6 is 0 Å². The van der Waals surface area contributed by atoms with Crippen molar-refractivity contribution in [2.45, 2.75) is 24.0 Å². The van der Waals surface area contributed by atoms with Gasteiger partial charge in [0.1, 0.15) is 5.41 Å². The van der Waals surface area contributed by atoms with Crippen LogP contribution in [0.4, 0.5) is 0 Å². The van der Waals surface area contributed by atoms with E-state index in [-0.39, 0.29) is 6.42 Å². The summed E-state index contributed by atoms with van der Waals surface area (Å²) in [6.07, 6.45) is 0.146. The van der Waals surface area contributed by atoms with Crippen molar-refractivity contribution < 1.29 is 17.9 Å². The van der Waals surface area contributed by atoms with Crippen molar-refractivity contribution in [3.63, 3.8) is 0 Å². The molecule has 0 spiro atoms. The summed E-state index contributed by atoms with van der Waals surface area (Å²) in [5, 5.41) is -0.828. The Balaban J connectivity index is 4.76. The molecule has 0 saturated heterocycles. The number of ether oxygens (including phenoxy) is 2. The molecular formula is C6H15N3O4SSi. The molecule has 0 saturated carbocycles. The summed E-state index contributed by atoms with van der Waals surface area (Å²) in [4.78, 5) is 2.28. The lowest BCUT2D eigenvalue weighted by Crippen LogP contribution is -2.39. The van der Waals surface area contributed by atoms with Crippen LogP contribution in [0.3, 0.4) is 0 Å². The highest BCUT2D eigenvalue weighted by atomic mass is 32.2. The number of nitrogens with zero attached hydrogens (tertiary/aromatic N) is 3. The lowest BCUT2D eigenvalue weighted by molar-refractivity contribution is -0.145. The van der Waals surface area contributed by atoms with Crippen molar-refractivity contribution in [3.05, 3.63) is 10.4 Å². The number of hydrogen-bond acceptors (Lipinski definition) is 4. The van der Waals surface area contributed by atoms with Crippen LogP contribution in [-0.4, -0.2) is 43.5 Å². The summed E-state index contributed by atoms with van der Waals surface area (Å²) in [5.74, 6) is 0. The second-order valence-electron chi connectivity index (χ2n) is 3.24. The van der Waals surface area contributed by atoms with Crippen molar-refractivity contribution in [1.29, 1.82) is 0 Å². The summed E-state index contributed by atoms with van der Waals surface area (Å²) in [5.41, 5.74) is 7.23. The number of rotatable bonds is 6. The molecule has 88 valence electrons. The minimum atomic E-state index is -3.79. The second-order valence-corrected chi connectivity index (χ2v) is 6.76. The number of sulfonamides is 1. The first-order chi connectivity index (χ1) is 6.81. The van der Waals surface area contributed by atoms with Crippen LogP contribution in [0.2, 0.25) is 0 Å². The average Bonchev–Trinajstić information content (AvgIpc) is 2.17. The first-order valence-corrected chi connectivity index (χ1v) is 6.72. The molecular weight excluding hydrogens is 238 g/mol. The van der Waals surface area contributed by atoms with Gasteiger partial charge in [-0.15, -0.1) is 0 Å². The van der Waals surface area contributed by atoms with E-state index in [9.17, 15) is 8.42 Å². The maximum Gasteiger partial charge on any atom is 0.238 e. The van der Waals surface area contributed by atoms with E-state index in [2.05, 4.69) is 9.43 Å². The molecule has 9 heteroatoms. The van der Waals surface area contributed by atoms with E-state index in [1.165, 1.54) is 21.1 Å². The van der Waals surface area contributed by atoms with Gasteiger partial charge in [-0.05, 0) is 12.5 Å². The molecule has 0 aromatic rings. The van der Waals surface area contributed by atoms with Gasteiger partial charge in [-0.1, -0.05) is 0 Å². The number of hydrogen-bond donors (Lipinski definition) is 0. The van der Waals surface area contributed by atoms with Crippen LogP contribution in [-0.2, 0) is 19.5 Å². The molecule has 0 amide bonds. The Morgan fingerprint density at radius 1 is 1.53 bits per heavy atom. The van der Waals surface area contributed by atoms with Crippen molar-refractivity contribution in [1.82, 2.24) is 0 Å². The smallest absolute Gasteiger partial charge is 0.238 e. The van der Waals surface area contributed by atoms with Gasteiger partial charge in [0.2, 0.25) is 10.0 Å². The van der Waals surface area contributed by atoms with Crippen LogP contribution in [0, 0.1) is 0 Å². The van der Waals surface area contributed by atoms with Crippen molar-refractivity contribution in [2.75, 3.05) is 14.2 Å². The van der Waals surface area contributed by atoms with Gasteiger partial charge >= 0.3 is 0 Å². The molecule has 7 nitrogen and oxygen atoms in total. The number of azide groups is 1. The van der Waals surface area contributed by atoms with Crippen molar-refractivity contribution in [2.24, 2.45) is 4.52 Å². The highest BCUT2D eigenvalue weighted by Gasteiger charge is 2.31. The molecule has 1 atom stereocenters. The highest BCUT2D eigenvalue weighted by Crippen LogP contribution is 2.19. The van der Waals surface area contributed by atoms with Gasteiger partial charge in [-0.3, -0.25) is 0 Å². The van der Waals surface area contributed by atoms with Crippen LogP contribution in [0.5, 0.6) is 0 Å². The predicted octanol–water partition coefficient (Wildman–Crippen LogP) is -0.283. The zero-order valence-electron chi connectivity index (χ0n) is 9.17. The molecule has 0 heterocycles. The Kier molecular flexibility index (Phi) is 5.25. The third-order valence-corrected chi connectivity index (χ3v) is 4.89. The van der Waals surface area contributed by atoms with E-state index in [0.717, 1.165) is 0 Å². The van der Waals surface area contributed by atoms with E-state index >= 15 is 0 Å². The standard InChI is InChI=1S/C6H15N3O4SSi/c1-5(14(10,11)9-8-7)4-6(15,12-2)13-3/h5H,4H2,1-3,15H3. The molecule has 0 aromatic carbocycles. The summed E-state index contributed by atoms with van der Waals surface area (Å²) < 4.78 is 35.6. The average molecular weight is 253 g/mol. The van der Waals surface area contributed by atoms with Gasteiger partial charge in [-0.2, -0.15) is 0 Å². The molecule has 15 heavy (non-hydrogen) atoms. The Morgan fingerprint density at radius 3 is 2.33 bits per heavy atom. The van der Waals surface area contributed by atoms with E-state index in [1.54, 1.807) is 0 Å². The van der Waals surface area contributed by atoms with Gasteiger partial charge in [0.15, 0.2) is 0 Å². The normalized spacial score (nSPS) is 14.6. The minimum absolute atomic E-state index is 0.146. The van der Waals surface area contributed by atoms with Crippen molar-refractivity contribution >= 4 is 20.3 Å². The summed E-state index contributed by atoms with van der Waals surface area (Å²) in [6.45, 7) is 1.45. The maximum atomic E-state index is 11.3. The van der Waals surface area contributed by atoms with Gasteiger partial charge in [-0.25, -0.2) is 8.42 Å². The lowest BCUT2D eigenvalue weighted by atomic mass is 10.3. The molecule has 0 radical (unpaired) electrons. The molecule has 0 aliphatic rings. The molecule has 0 fully saturated rings. The predicted molar refractivity (Wildman–Crippen MR) is 58.8 cm³/mol. The lowest BCUT2D eigenvalue weighted by Gasteiger charge is -2.28. The van der Waals surface area contributed by atoms with Crippen LogP contribution in [0.25, 0.3) is 10.4 Å². The highest BCUT2D eigenvalue weighted by molar-refractivity contribution is 7.90. The number of methoxy groups -OCH3 is 2. The Labute approximate surface area is 91.9 Å². The van der Waals surface area contributed by atoms with Crippen LogP contribution < -0.4 is 0 Å². The monoisotopic (exact) mass is 253 g/mol. The zero-order valence-corrected chi connectivity index (χ0v) is 12.0. The summed E-state index contributed by atoms with van der Waals surface area (Å²) >= 11 is 0. The van der Waals surface area contributed by atoms with Gasteiger partial charge in [0.25, 0.3) is 0 Å². The Bertz CT molecular complexity index is 347. The van der Waals surface area contributed by atoms with Crippen LogP contribution in [0.15, 0.2) is 4.52 Å². The van der Waals surface area contributed by atoms with E-state index in [0.29, 0.717) is 10.2 Å². The topological polar surface area (TPSA) is 101 Å². The zero-order chi connectivity index (χ0) is 12.1. The fourth-order valence-electron chi connectivity index (χ4n) is 1.01. The van der Waals surface area contributed by atoms with Crippen LogP contribution in [0.1, 0.15) is 13.3 Å². The first-order valence-electron chi connectivity index (χ1n) is 4.22. The first kappa shape index (κ1) is 14.4. The molecule has 0 bridgehead atoms. The molecule has 0 aliphatic carbocycles. The largest absolute Gasteiger partial charge is 0.358 e. The van der Waals surface area contributed by atoms with Gasteiger partial charge in [0.05, 0.1) is 15.5 Å². The summed E-state index contributed by atoms with van der Waals surface area (Å²) in [6, 6.07) is 0. The molecule has 0 N–H and O–H groups in total. The van der Waals surface area contributed by atoms with Crippen molar-refractivity contribution in [3.8, 4) is 0 Å². The minimum Gasteiger partial charge on any atom is -0.358 e. The third kappa shape index (κ3) is 4.18. The Hall–Kier alpha value is -0.603. The third-order valence-electron chi connectivity index (χ3n) is 2.18. The SMILES string of the molecule is COC([SiH3])(CC(C)S(=O)(=O)N=[N+]=[N-])OC. The second kappa shape index (κ2) is 5.47. The summed E-state index contributed by atoms with van der Waals surface area (Å²) in [7, 11) is -0.386. The quantitative estimate of drug-likeness (QED) is 0.213. The Morgan fingerprint density at radius 2 is 2.00 bits per heavy atom. The van der Waals surface area contributed by atoms with E-state index in [1.807, 2.05) is 0 Å².